The number of anilines is 2. The van der Waals surface area contributed by atoms with Crippen molar-refractivity contribution in [2.45, 2.75) is 13.0 Å². The molecule has 1 unspecified atom stereocenters. The van der Waals surface area contributed by atoms with E-state index in [0.29, 0.717) is 5.82 Å². The van der Waals surface area contributed by atoms with E-state index in [1.165, 1.54) is 12.1 Å². The van der Waals surface area contributed by atoms with Gasteiger partial charge in [-0.3, -0.25) is 10.1 Å². The molecule has 1 heterocycles. The van der Waals surface area contributed by atoms with Gasteiger partial charge in [-0.25, -0.2) is 10.8 Å². The van der Waals surface area contributed by atoms with Gasteiger partial charge in [0.1, 0.15) is 5.82 Å². The topological polar surface area (TPSA) is 109 Å². The first-order chi connectivity index (χ1) is 8.43. The number of pyridine rings is 1. The average molecular weight is 254 g/mol. The maximum Gasteiger partial charge on any atom is 0.311 e. The molecule has 1 aromatic heterocycles. The van der Waals surface area contributed by atoms with Crippen LogP contribution in [0.5, 0.6) is 0 Å². The third-order valence-corrected chi connectivity index (χ3v) is 2.24. The van der Waals surface area contributed by atoms with E-state index in [4.69, 9.17) is 5.84 Å². The Morgan fingerprint density at radius 3 is 2.72 bits per heavy atom. The molecule has 100 valence electrons. The molecule has 1 rings (SSSR count). The third-order valence-electron chi connectivity index (χ3n) is 2.24. The maximum atomic E-state index is 10.9. The molecule has 0 spiro atoms. The van der Waals surface area contributed by atoms with Gasteiger partial charge in [-0.1, -0.05) is 0 Å². The molecule has 0 radical (unpaired) electrons. The molecule has 0 saturated carbocycles. The number of aromatic nitrogens is 1. The van der Waals surface area contributed by atoms with E-state index < -0.39 is 4.92 Å². The molecule has 0 amide bonds. The van der Waals surface area contributed by atoms with Gasteiger partial charge in [0.05, 0.1) is 4.92 Å². The molecule has 1 aromatic rings. The minimum absolute atomic E-state index is 0.0271. The van der Waals surface area contributed by atoms with Crippen LogP contribution >= 0.6 is 0 Å². The summed E-state index contributed by atoms with van der Waals surface area (Å²) in [5, 5.41) is 13.9. The smallest absolute Gasteiger partial charge is 0.311 e. The van der Waals surface area contributed by atoms with E-state index in [9.17, 15) is 10.1 Å². The van der Waals surface area contributed by atoms with E-state index in [-0.39, 0.29) is 17.5 Å². The number of hydrogen-bond donors (Lipinski definition) is 3. The summed E-state index contributed by atoms with van der Waals surface area (Å²) in [7, 11) is 3.86. The summed E-state index contributed by atoms with van der Waals surface area (Å²) in [5.74, 6) is 5.83. The molecule has 0 bridgehead atoms. The molecule has 0 aliphatic rings. The Balaban J connectivity index is 2.93. The van der Waals surface area contributed by atoms with Gasteiger partial charge in [0.15, 0.2) is 0 Å². The molecule has 1 atom stereocenters. The molecular weight excluding hydrogens is 236 g/mol. The lowest BCUT2D eigenvalue weighted by Crippen LogP contribution is -2.30. The summed E-state index contributed by atoms with van der Waals surface area (Å²) in [6.07, 6.45) is 0. The number of nitrogens with zero attached hydrogens (tertiary/aromatic N) is 3. The van der Waals surface area contributed by atoms with Crippen LogP contribution in [-0.4, -0.2) is 41.5 Å². The van der Waals surface area contributed by atoms with Crippen LogP contribution in [-0.2, 0) is 0 Å². The minimum atomic E-state index is -0.474. The molecule has 18 heavy (non-hydrogen) atoms. The van der Waals surface area contributed by atoms with Gasteiger partial charge in [-0.2, -0.15) is 0 Å². The van der Waals surface area contributed by atoms with Crippen molar-refractivity contribution < 1.29 is 4.92 Å². The largest absolute Gasteiger partial charge is 0.361 e. The fourth-order valence-corrected chi connectivity index (χ4v) is 1.61. The molecule has 0 saturated heterocycles. The molecule has 8 heteroatoms. The predicted octanol–water partition coefficient (Wildman–Crippen LogP) is 0.637. The first kappa shape index (κ1) is 14.1. The van der Waals surface area contributed by atoms with E-state index in [2.05, 4.69) is 15.7 Å². The second kappa shape index (κ2) is 6.12. The van der Waals surface area contributed by atoms with E-state index >= 15 is 0 Å². The second-order valence-corrected chi connectivity index (χ2v) is 4.27. The normalized spacial score (nSPS) is 12.3. The quantitative estimate of drug-likeness (QED) is 0.388. The van der Waals surface area contributed by atoms with Gasteiger partial charge in [0.2, 0.25) is 5.82 Å². The van der Waals surface area contributed by atoms with Gasteiger partial charge in [0, 0.05) is 18.7 Å². The standard InChI is InChI=1S/C10H18N6O2/c1-7(6-15(2)3)12-10-8(16(17)18)4-5-9(13-10)14-11/h4-5,7H,6,11H2,1-3H3,(H2,12,13,14). The van der Waals surface area contributed by atoms with Crippen molar-refractivity contribution in [3.8, 4) is 0 Å². The molecule has 0 fully saturated rings. The van der Waals surface area contributed by atoms with Crippen molar-refractivity contribution in [1.29, 1.82) is 0 Å². The lowest BCUT2D eigenvalue weighted by Gasteiger charge is -2.18. The van der Waals surface area contributed by atoms with Gasteiger partial charge < -0.3 is 15.6 Å². The summed E-state index contributed by atoms with van der Waals surface area (Å²) in [6.45, 7) is 2.66. The lowest BCUT2D eigenvalue weighted by molar-refractivity contribution is -0.384. The Labute approximate surface area is 105 Å². The molecule has 4 N–H and O–H groups in total. The van der Waals surface area contributed by atoms with Gasteiger partial charge in [0.25, 0.3) is 0 Å². The summed E-state index contributed by atoms with van der Waals surface area (Å²) in [5.41, 5.74) is 2.29. The van der Waals surface area contributed by atoms with E-state index in [1.807, 2.05) is 25.9 Å². The monoisotopic (exact) mass is 254 g/mol. The van der Waals surface area contributed by atoms with Crippen molar-refractivity contribution in [1.82, 2.24) is 9.88 Å². The number of nitrogens with two attached hydrogens (primary N) is 1. The first-order valence-electron chi connectivity index (χ1n) is 5.47. The highest BCUT2D eigenvalue weighted by Crippen LogP contribution is 2.24. The fourth-order valence-electron chi connectivity index (χ4n) is 1.61. The van der Waals surface area contributed by atoms with Crippen molar-refractivity contribution in [3.05, 3.63) is 22.2 Å². The van der Waals surface area contributed by atoms with E-state index in [0.717, 1.165) is 6.54 Å². The van der Waals surface area contributed by atoms with Gasteiger partial charge in [-0.15, -0.1) is 0 Å². The average Bonchev–Trinajstić information content (AvgIpc) is 2.27. The number of hydrazine groups is 1. The first-order valence-corrected chi connectivity index (χ1v) is 5.47. The van der Waals surface area contributed by atoms with Crippen LogP contribution in [0.4, 0.5) is 17.3 Å². The van der Waals surface area contributed by atoms with Crippen LogP contribution in [0.2, 0.25) is 0 Å². The van der Waals surface area contributed by atoms with E-state index in [1.54, 1.807) is 0 Å². The highest BCUT2D eigenvalue weighted by atomic mass is 16.6. The summed E-state index contributed by atoms with van der Waals surface area (Å²) in [6, 6.07) is 2.85. The van der Waals surface area contributed by atoms with Crippen LogP contribution in [0.3, 0.4) is 0 Å². The van der Waals surface area contributed by atoms with Gasteiger partial charge >= 0.3 is 5.69 Å². The summed E-state index contributed by atoms with van der Waals surface area (Å²) < 4.78 is 0. The fraction of sp³-hybridized carbons (Fsp3) is 0.500. The molecule has 0 aliphatic carbocycles. The highest BCUT2D eigenvalue weighted by Gasteiger charge is 2.17. The number of nitrogen functional groups attached to an aromatic ring is 1. The lowest BCUT2D eigenvalue weighted by atomic mass is 10.3. The van der Waals surface area contributed by atoms with Crippen LogP contribution in [0.15, 0.2) is 12.1 Å². The van der Waals surface area contributed by atoms with Crippen LogP contribution < -0.4 is 16.6 Å². The number of hydrogen-bond acceptors (Lipinski definition) is 7. The van der Waals surface area contributed by atoms with Crippen molar-refractivity contribution in [2.75, 3.05) is 31.4 Å². The Hall–Kier alpha value is -1.93. The van der Waals surface area contributed by atoms with Gasteiger partial charge in [-0.05, 0) is 27.1 Å². The van der Waals surface area contributed by atoms with Crippen molar-refractivity contribution in [3.63, 3.8) is 0 Å². The Bertz CT molecular complexity index is 423. The Kier molecular flexibility index (Phi) is 4.81. The zero-order chi connectivity index (χ0) is 13.7. The minimum Gasteiger partial charge on any atom is -0.361 e. The molecular formula is C10H18N6O2. The Morgan fingerprint density at radius 2 is 2.22 bits per heavy atom. The number of rotatable bonds is 6. The maximum absolute atomic E-state index is 10.9. The van der Waals surface area contributed by atoms with Crippen molar-refractivity contribution in [2.24, 2.45) is 5.84 Å². The molecule has 0 aromatic carbocycles. The van der Waals surface area contributed by atoms with Crippen LogP contribution in [0.1, 0.15) is 6.92 Å². The molecule has 0 aliphatic heterocycles. The summed E-state index contributed by atoms with van der Waals surface area (Å²) in [4.78, 5) is 16.4. The number of nitro groups is 1. The van der Waals surface area contributed by atoms with Crippen LogP contribution in [0, 0.1) is 10.1 Å². The molecule has 8 nitrogen and oxygen atoms in total. The zero-order valence-electron chi connectivity index (χ0n) is 10.7. The number of nitrogens with one attached hydrogen (secondary N) is 2. The van der Waals surface area contributed by atoms with Crippen LogP contribution in [0.25, 0.3) is 0 Å². The predicted molar refractivity (Wildman–Crippen MR) is 70.3 cm³/mol. The van der Waals surface area contributed by atoms with Crippen molar-refractivity contribution >= 4 is 17.3 Å². The Morgan fingerprint density at radius 1 is 1.56 bits per heavy atom. The SMILES string of the molecule is CC(CN(C)C)Nc1nc(NN)ccc1[N+](=O)[O-]. The second-order valence-electron chi connectivity index (χ2n) is 4.27. The summed E-state index contributed by atoms with van der Waals surface area (Å²) >= 11 is 0. The third kappa shape index (κ3) is 3.82. The number of likely N-dealkylation sites (N-methyl/N-ethyl adjacent to an activating group) is 1. The highest BCUT2D eigenvalue weighted by molar-refractivity contribution is 5.60. The zero-order valence-corrected chi connectivity index (χ0v) is 10.7.